The molecule has 152 valence electrons. The van der Waals surface area contributed by atoms with Crippen molar-refractivity contribution in [1.82, 2.24) is 24.4 Å². The molecule has 9 nitrogen and oxygen atoms in total. The number of anilines is 1. The van der Waals surface area contributed by atoms with Gasteiger partial charge in [-0.15, -0.1) is 5.10 Å². The summed E-state index contributed by atoms with van der Waals surface area (Å²) in [5.74, 6) is 1.37. The predicted octanol–water partition coefficient (Wildman–Crippen LogP) is 3.36. The van der Waals surface area contributed by atoms with Crippen LogP contribution in [0.1, 0.15) is 16.1 Å². The van der Waals surface area contributed by atoms with Gasteiger partial charge in [0.1, 0.15) is 17.2 Å². The first kappa shape index (κ1) is 19.5. The SMILES string of the molecule is COc1cccc(C(=O)Nc2nc(-c3nnn(-c4ccccc4OC)c3C)ns2)c1. The van der Waals surface area contributed by atoms with E-state index in [1.165, 1.54) is 0 Å². The van der Waals surface area contributed by atoms with Gasteiger partial charge in [-0.3, -0.25) is 10.1 Å². The highest BCUT2D eigenvalue weighted by atomic mass is 32.1. The minimum Gasteiger partial charge on any atom is -0.497 e. The van der Waals surface area contributed by atoms with E-state index in [-0.39, 0.29) is 5.91 Å². The van der Waals surface area contributed by atoms with Gasteiger partial charge in [0.25, 0.3) is 5.91 Å². The topological polar surface area (TPSA) is 104 Å². The maximum absolute atomic E-state index is 12.5. The zero-order valence-corrected chi connectivity index (χ0v) is 17.3. The van der Waals surface area contributed by atoms with E-state index in [1.807, 2.05) is 31.2 Å². The van der Waals surface area contributed by atoms with Gasteiger partial charge in [-0.1, -0.05) is 23.4 Å². The number of nitrogens with one attached hydrogen (secondary N) is 1. The van der Waals surface area contributed by atoms with Crippen LogP contribution >= 0.6 is 11.5 Å². The Hall–Kier alpha value is -3.79. The van der Waals surface area contributed by atoms with Gasteiger partial charge in [0.05, 0.1) is 19.9 Å². The fourth-order valence-corrected chi connectivity index (χ4v) is 3.44. The lowest BCUT2D eigenvalue weighted by molar-refractivity contribution is 0.102. The van der Waals surface area contributed by atoms with Crippen molar-refractivity contribution < 1.29 is 14.3 Å². The Labute approximate surface area is 176 Å². The van der Waals surface area contributed by atoms with Crippen LogP contribution in [0.4, 0.5) is 5.13 Å². The lowest BCUT2D eigenvalue weighted by atomic mass is 10.2. The predicted molar refractivity (Wildman–Crippen MR) is 112 cm³/mol. The van der Waals surface area contributed by atoms with E-state index in [9.17, 15) is 4.79 Å². The second kappa shape index (κ2) is 8.29. The molecule has 0 fully saturated rings. The fourth-order valence-electron chi connectivity index (χ4n) is 2.87. The van der Waals surface area contributed by atoms with Gasteiger partial charge in [-0.25, -0.2) is 4.68 Å². The molecule has 10 heteroatoms. The Morgan fingerprint density at radius 3 is 2.73 bits per heavy atom. The Balaban J connectivity index is 1.57. The first-order chi connectivity index (χ1) is 14.6. The summed E-state index contributed by atoms with van der Waals surface area (Å²) in [7, 11) is 3.15. The summed E-state index contributed by atoms with van der Waals surface area (Å²) in [6, 6.07) is 14.4. The highest BCUT2D eigenvalue weighted by Gasteiger charge is 2.19. The molecule has 1 N–H and O–H groups in total. The van der Waals surface area contributed by atoms with Crippen LogP contribution in [0.25, 0.3) is 17.2 Å². The Morgan fingerprint density at radius 2 is 1.93 bits per heavy atom. The number of methoxy groups -OCH3 is 2. The average molecular weight is 422 g/mol. The van der Waals surface area contributed by atoms with E-state index in [4.69, 9.17) is 9.47 Å². The quantitative estimate of drug-likeness (QED) is 0.508. The zero-order chi connectivity index (χ0) is 21.1. The number of carbonyl (C=O) groups is 1. The summed E-state index contributed by atoms with van der Waals surface area (Å²) in [6.45, 7) is 1.87. The summed E-state index contributed by atoms with van der Waals surface area (Å²) >= 11 is 1.07. The van der Waals surface area contributed by atoms with Gasteiger partial charge in [0.15, 0.2) is 11.5 Å². The standard InChI is InChI=1S/C20H18N6O3S/c1-12-17(23-25-26(12)15-9-4-5-10-16(15)29-3)18-21-20(30-24-18)22-19(27)13-7-6-8-14(11-13)28-2/h4-11H,1-3H3,(H,21,22,24,27). The number of ether oxygens (including phenoxy) is 2. The van der Waals surface area contributed by atoms with Crippen molar-refractivity contribution in [2.75, 3.05) is 19.5 Å². The second-order valence-electron chi connectivity index (χ2n) is 6.22. The molecule has 4 aromatic rings. The molecule has 0 spiro atoms. The van der Waals surface area contributed by atoms with Gasteiger partial charge >= 0.3 is 0 Å². The first-order valence-corrected chi connectivity index (χ1v) is 9.73. The minimum atomic E-state index is -0.300. The van der Waals surface area contributed by atoms with Crippen LogP contribution in [0.5, 0.6) is 11.5 Å². The Kier molecular flexibility index (Phi) is 5.40. The summed E-state index contributed by atoms with van der Waals surface area (Å²) in [6.07, 6.45) is 0. The molecule has 2 aromatic heterocycles. The Bertz CT molecular complexity index is 1200. The molecule has 1 amide bonds. The molecule has 0 aliphatic rings. The molecule has 4 rings (SSSR count). The molecular formula is C20H18N6O3S. The second-order valence-corrected chi connectivity index (χ2v) is 6.97. The van der Waals surface area contributed by atoms with Crippen LogP contribution < -0.4 is 14.8 Å². The first-order valence-electron chi connectivity index (χ1n) is 8.96. The summed E-state index contributed by atoms with van der Waals surface area (Å²) in [5, 5.41) is 11.6. The number of amides is 1. The molecule has 0 unspecified atom stereocenters. The number of benzene rings is 2. The third-order valence-electron chi connectivity index (χ3n) is 4.40. The lowest BCUT2D eigenvalue weighted by Crippen LogP contribution is -2.11. The van der Waals surface area contributed by atoms with Gasteiger partial charge < -0.3 is 9.47 Å². The van der Waals surface area contributed by atoms with Crippen molar-refractivity contribution in [2.45, 2.75) is 6.92 Å². The molecule has 0 radical (unpaired) electrons. The molecule has 2 aromatic carbocycles. The molecule has 0 aliphatic heterocycles. The molecular weight excluding hydrogens is 404 g/mol. The van der Waals surface area contributed by atoms with E-state index in [0.717, 1.165) is 22.9 Å². The molecule has 0 bridgehead atoms. The van der Waals surface area contributed by atoms with Crippen LogP contribution in [0.15, 0.2) is 48.5 Å². The summed E-state index contributed by atoms with van der Waals surface area (Å²) in [4.78, 5) is 16.9. The number of rotatable bonds is 6. The van der Waals surface area contributed by atoms with Crippen molar-refractivity contribution >= 4 is 22.6 Å². The average Bonchev–Trinajstić information content (AvgIpc) is 3.39. The number of carbonyl (C=O) groups excluding carboxylic acids is 1. The lowest BCUT2D eigenvalue weighted by Gasteiger charge is -2.08. The van der Waals surface area contributed by atoms with Crippen LogP contribution in [0.3, 0.4) is 0 Å². The monoisotopic (exact) mass is 422 g/mol. The molecule has 0 saturated carbocycles. The van der Waals surface area contributed by atoms with Gasteiger partial charge in [-0.05, 0) is 37.3 Å². The van der Waals surface area contributed by atoms with E-state index < -0.39 is 0 Å². The van der Waals surface area contributed by atoms with E-state index >= 15 is 0 Å². The third kappa shape index (κ3) is 3.72. The largest absolute Gasteiger partial charge is 0.497 e. The molecule has 2 heterocycles. The minimum absolute atomic E-state index is 0.300. The number of para-hydroxylation sites is 2. The molecule has 30 heavy (non-hydrogen) atoms. The van der Waals surface area contributed by atoms with Crippen LogP contribution in [0, 0.1) is 6.92 Å². The van der Waals surface area contributed by atoms with Crippen LogP contribution in [-0.4, -0.2) is 44.5 Å². The molecule has 0 saturated heterocycles. The Morgan fingerprint density at radius 1 is 1.10 bits per heavy atom. The van der Waals surface area contributed by atoms with Gasteiger partial charge in [-0.2, -0.15) is 9.36 Å². The van der Waals surface area contributed by atoms with E-state index in [2.05, 4.69) is 25.0 Å². The molecule has 0 atom stereocenters. The van der Waals surface area contributed by atoms with Gasteiger partial charge in [0, 0.05) is 17.1 Å². The number of nitrogens with zero attached hydrogens (tertiary/aromatic N) is 5. The third-order valence-corrected chi connectivity index (χ3v) is 5.03. The van der Waals surface area contributed by atoms with Crippen molar-refractivity contribution in [2.24, 2.45) is 0 Å². The summed E-state index contributed by atoms with van der Waals surface area (Å²) in [5.41, 5.74) is 2.50. The van der Waals surface area contributed by atoms with Crippen molar-refractivity contribution in [3.63, 3.8) is 0 Å². The van der Waals surface area contributed by atoms with Gasteiger partial charge in [0.2, 0.25) is 5.13 Å². The van der Waals surface area contributed by atoms with Crippen molar-refractivity contribution in [3.05, 3.63) is 59.8 Å². The number of hydrogen-bond donors (Lipinski definition) is 1. The molecule has 0 aliphatic carbocycles. The van der Waals surface area contributed by atoms with Crippen LogP contribution in [0.2, 0.25) is 0 Å². The summed E-state index contributed by atoms with van der Waals surface area (Å²) < 4.78 is 16.5. The van der Waals surface area contributed by atoms with E-state index in [0.29, 0.717) is 33.7 Å². The zero-order valence-electron chi connectivity index (χ0n) is 16.5. The number of aromatic nitrogens is 5. The number of hydrogen-bond acceptors (Lipinski definition) is 8. The maximum Gasteiger partial charge on any atom is 0.257 e. The van der Waals surface area contributed by atoms with Crippen molar-refractivity contribution in [3.8, 4) is 28.7 Å². The smallest absolute Gasteiger partial charge is 0.257 e. The fraction of sp³-hybridized carbons (Fsp3) is 0.150. The maximum atomic E-state index is 12.5. The van der Waals surface area contributed by atoms with Crippen LogP contribution in [-0.2, 0) is 0 Å². The normalized spacial score (nSPS) is 10.6. The highest BCUT2D eigenvalue weighted by Crippen LogP contribution is 2.27. The van der Waals surface area contributed by atoms with Crippen molar-refractivity contribution in [1.29, 1.82) is 0 Å². The van der Waals surface area contributed by atoms with E-state index in [1.54, 1.807) is 43.2 Å². The highest BCUT2D eigenvalue weighted by molar-refractivity contribution is 7.10.